The molecule has 0 aromatic carbocycles. The zero-order valence-corrected chi connectivity index (χ0v) is 10.6. The fourth-order valence-corrected chi connectivity index (χ4v) is 1.17. The Morgan fingerprint density at radius 1 is 1.21 bits per heavy atom. The number of nitrogens with zero attached hydrogens (tertiary/aromatic N) is 2. The van der Waals surface area contributed by atoms with E-state index in [1.807, 2.05) is 0 Å². The summed E-state index contributed by atoms with van der Waals surface area (Å²) in [6, 6.07) is 0. The predicted molar refractivity (Wildman–Crippen MR) is 56.0 cm³/mol. The Balaban J connectivity index is 2.50. The highest BCUT2D eigenvalue weighted by atomic mass is 19.4. The molecule has 1 heterocycles. The quantitative estimate of drug-likeness (QED) is 0.682. The molecule has 1 rings (SSSR count). The van der Waals surface area contributed by atoms with Crippen LogP contribution in [0.1, 0.15) is 31.9 Å². The second-order valence-electron chi connectivity index (χ2n) is 3.40. The number of aromatic nitrogens is 2. The predicted octanol–water partition coefficient (Wildman–Crippen LogP) is 2.22. The van der Waals surface area contributed by atoms with Crippen LogP contribution >= 0.6 is 0 Å². The SMILES string of the molecule is CCOC(OCC)c1nc(COCC(F)(F)F)no1. The second kappa shape index (κ2) is 7.41. The van der Waals surface area contributed by atoms with Crippen molar-refractivity contribution in [3.8, 4) is 0 Å². The number of ether oxygens (including phenoxy) is 3. The van der Waals surface area contributed by atoms with Gasteiger partial charge in [0.15, 0.2) is 5.82 Å². The van der Waals surface area contributed by atoms with E-state index in [2.05, 4.69) is 14.9 Å². The monoisotopic (exact) mass is 284 g/mol. The number of alkyl halides is 3. The molecule has 9 heteroatoms. The summed E-state index contributed by atoms with van der Waals surface area (Å²) < 4.78 is 55.2. The topological polar surface area (TPSA) is 66.6 Å². The average molecular weight is 284 g/mol. The molecule has 0 N–H and O–H groups in total. The summed E-state index contributed by atoms with van der Waals surface area (Å²) in [4.78, 5) is 3.85. The molecule has 19 heavy (non-hydrogen) atoms. The molecule has 0 radical (unpaired) electrons. The third-order valence-corrected chi connectivity index (χ3v) is 1.82. The van der Waals surface area contributed by atoms with E-state index in [0.717, 1.165) is 0 Å². The van der Waals surface area contributed by atoms with Crippen molar-refractivity contribution in [1.29, 1.82) is 0 Å². The summed E-state index contributed by atoms with van der Waals surface area (Å²) in [5, 5.41) is 3.48. The lowest BCUT2D eigenvalue weighted by Crippen LogP contribution is -2.17. The first-order valence-electron chi connectivity index (χ1n) is 5.66. The lowest BCUT2D eigenvalue weighted by molar-refractivity contribution is -0.177. The highest BCUT2D eigenvalue weighted by Crippen LogP contribution is 2.18. The van der Waals surface area contributed by atoms with Crippen molar-refractivity contribution in [2.45, 2.75) is 32.9 Å². The summed E-state index contributed by atoms with van der Waals surface area (Å²) in [7, 11) is 0. The van der Waals surface area contributed by atoms with Crippen molar-refractivity contribution in [2.24, 2.45) is 0 Å². The minimum Gasteiger partial charge on any atom is -0.364 e. The van der Waals surface area contributed by atoms with E-state index in [-0.39, 0.29) is 11.7 Å². The van der Waals surface area contributed by atoms with Gasteiger partial charge in [-0.1, -0.05) is 5.16 Å². The van der Waals surface area contributed by atoms with Crippen LogP contribution in [0.15, 0.2) is 4.52 Å². The molecular weight excluding hydrogens is 269 g/mol. The maximum atomic E-state index is 11.9. The van der Waals surface area contributed by atoms with Crippen molar-refractivity contribution >= 4 is 0 Å². The molecule has 0 bridgehead atoms. The molecule has 110 valence electrons. The van der Waals surface area contributed by atoms with E-state index in [1.165, 1.54) is 0 Å². The molecule has 0 aliphatic heterocycles. The van der Waals surface area contributed by atoms with Crippen molar-refractivity contribution in [2.75, 3.05) is 19.8 Å². The van der Waals surface area contributed by atoms with Crippen LogP contribution in [0.3, 0.4) is 0 Å². The number of hydrogen-bond donors (Lipinski definition) is 0. The standard InChI is InChI=1S/C10H15F3N2O4/c1-3-17-9(18-4-2)8-14-7(15-19-8)5-16-6-10(11,12)13/h9H,3-6H2,1-2H3. The molecule has 0 aliphatic rings. The average Bonchev–Trinajstić information content (AvgIpc) is 2.76. The largest absolute Gasteiger partial charge is 0.411 e. The number of halogens is 3. The summed E-state index contributed by atoms with van der Waals surface area (Å²) in [6.45, 7) is 2.50. The van der Waals surface area contributed by atoms with Gasteiger partial charge in [-0.15, -0.1) is 0 Å². The first-order valence-corrected chi connectivity index (χ1v) is 5.66. The molecule has 0 amide bonds. The van der Waals surface area contributed by atoms with Gasteiger partial charge < -0.3 is 18.7 Å². The van der Waals surface area contributed by atoms with Gasteiger partial charge in [0, 0.05) is 13.2 Å². The minimum atomic E-state index is -4.38. The molecule has 1 aromatic heterocycles. The van der Waals surface area contributed by atoms with Crippen LogP contribution in [0.2, 0.25) is 0 Å². The smallest absolute Gasteiger partial charge is 0.364 e. The van der Waals surface area contributed by atoms with Crippen LogP contribution in [-0.2, 0) is 20.8 Å². The Morgan fingerprint density at radius 2 is 1.84 bits per heavy atom. The molecule has 0 spiro atoms. The van der Waals surface area contributed by atoms with Crippen molar-refractivity contribution in [3.05, 3.63) is 11.7 Å². The van der Waals surface area contributed by atoms with E-state index in [4.69, 9.17) is 14.0 Å². The minimum absolute atomic E-state index is 0.00339. The van der Waals surface area contributed by atoms with E-state index >= 15 is 0 Å². The van der Waals surface area contributed by atoms with Crippen LogP contribution in [0.25, 0.3) is 0 Å². The summed E-state index contributed by atoms with van der Waals surface area (Å²) >= 11 is 0. The van der Waals surface area contributed by atoms with Crippen molar-refractivity contribution < 1.29 is 31.9 Å². The highest BCUT2D eigenvalue weighted by molar-refractivity contribution is 4.86. The Bertz CT molecular complexity index is 364. The highest BCUT2D eigenvalue weighted by Gasteiger charge is 2.28. The van der Waals surface area contributed by atoms with Gasteiger partial charge in [-0.2, -0.15) is 18.2 Å². The lowest BCUT2D eigenvalue weighted by atomic mass is 10.6. The summed E-state index contributed by atoms with van der Waals surface area (Å²) in [6.07, 6.45) is -5.20. The van der Waals surface area contributed by atoms with Gasteiger partial charge in [-0.3, -0.25) is 0 Å². The molecule has 0 unspecified atom stereocenters. The first kappa shape index (κ1) is 15.9. The number of hydrogen-bond acceptors (Lipinski definition) is 6. The van der Waals surface area contributed by atoms with Gasteiger partial charge in [0.25, 0.3) is 5.89 Å². The zero-order valence-electron chi connectivity index (χ0n) is 10.6. The van der Waals surface area contributed by atoms with Gasteiger partial charge in [-0.25, -0.2) is 0 Å². The van der Waals surface area contributed by atoms with E-state index in [1.54, 1.807) is 13.8 Å². The third-order valence-electron chi connectivity index (χ3n) is 1.82. The van der Waals surface area contributed by atoms with E-state index < -0.39 is 25.7 Å². The fraction of sp³-hybridized carbons (Fsp3) is 0.800. The Kier molecular flexibility index (Phi) is 6.19. The van der Waals surface area contributed by atoms with Gasteiger partial charge in [0.1, 0.15) is 13.2 Å². The lowest BCUT2D eigenvalue weighted by Gasteiger charge is -2.11. The molecule has 0 fully saturated rings. The van der Waals surface area contributed by atoms with Crippen LogP contribution in [0.4, 0.5) is 13.2 Å². The Hall–Kier alpha value is -1.19. The summed E-state index contributed by atoms with van der Waals surface area (Å²) in [5.41, 5.74) is 0. The van der Waals surface area contributed by atoms with Gasteiger partial charge >= 0.3 is 6.18 Å². The van der Waals surface area contributed by atoms with Gasteiger partial charge in [-0.05, 0) is 13.8 Å². The van der Waals surface area contributed by atoms with Gasteiger partial charge in [0.2, 0.25) is 6.29 Å². The van der Waals surface area contributed by atoms with Crippen LogP contribution < -0.4 is 0 Å². The molecule has 0 atom stereocenters. The van der Waals surface area contributed by atoms with Crippen LogP contribution in [-0.4, -0.2) is 36.1 Å². The molecule has 0 aliphatic carbocycles. The van der Waals surface area contributed by atoms with Crippen LogP contribution in [0, 0.1) is 0 Å². The third kappa shape index (κ3) is 5.99. The van der Waals surface area contributed by atoms with Crippen LogP contribution in [0.5, 0.6) is 0 Å². The van der Waals surface area contributed by atoms with Crippen molar-refractivity contribution in [1.82, 2.24) is 10.1 Å². The molecule has 0 saturated heterocycles. The maximum absolute atomic E-state index is 11.9. The molecule has 0 saturated carbocycles. The maximum Gasteiger partial charge on any atom is 0.411 e. The molecule has 1 aromatic rings. The number of rotatable bonds is 8. The fourth-order valence-electron chi connectivity index (χ4n) is 1.17. The second-order valence-corrected chi connectivity index (χ2v) is 3.40. The molecule has 6 nitrogen and oxygen atoms in total. The van der Waals surface area contributed by atoms with E-state index in [0.29, 0.717) is 13.2 Å². The van der Waals surface area contributed by atoms with Crippen molar-refractivity contribution in [3.63, 3.8) is 0 Å². The summed E-state index contributed by atoms with van der Waals surface area (Å²) in [5.74, 6) is 0.0537. The zero-order chi connectivity index (χ0) is 14.3. The normalized spacial score (nSPS) is 12.3. The molecular formula is C10H15F3N2O4. The van der Waals surface area contributed by atoms with E-state index in [9.17, 15) is 13.2 Å². The Morgan fingerprint density at radius 3 is 2.37 bits per heavy atom. The Labute approximate surface area is 107 Å². The first-order chi connectivity index (χ1) is 8.96. The van der Waals surface area contributed by atoms with Gasteiger partial charge in [0.05, 0.1) is 0 Å².